The van der Waals surface area contributed by atoms with E-state index in [-0.39, 0.29) is 6.04 Å². The second-order valence-electron chi connectivity index (χ2n) is 4.87. The zero-order chi connectivity index (χ0) is 13.9. The molecule has 3 aromatic rings. The van der Waals surface area contributed by atoms with Crippen LogP contribution in [0.3, 0.4) is 0 Å². The minimum atomic E-state index is -0.162. The molecule has 0 saturated carbocycles. The average Bonchev–Trinajstić information content (AvgIpc) is 2.53. The van der Waals surface area contributed by atoms with Crippen LogP contribution in [0.5, 0.6) is 0 Å². The summed E-state index contributed by atoms with van der Waals surface area (Å²) >= 11 is 0. The van der Waals surface area contributed by atoms with Crippen molar-refractivity contribution in [3.63, 3.8) is 0 Å². The molecule has 0 aliphatic heterocycles. The molecule has 1 aromatic carbocycles. The Balaban J connectivity index is 2.05. The fourth-order valence-corrected chi connectivity index (χ4v) is 2.47. The van der Waals surface area contributed by atoms with Crippen molar-refractivity contribution in [2.24, 2.45) is 5.73 Å². The van der Waals surface area contributed by atoms with Crippen LogP contribution in [0.2, 0.25) is 0 Å². The molecule has 1 unspecified atom stereocenters. The van der Waals surface area contributed by atoms with Crippen molar-refractivity contribution in [2.45, 2.75) is 19.4 Å². The lowest BCUT2D eigenvalue weighted by Gasteiger charge is -2.16. The van der Waals surface area contributed by atoms with Gasteiger partial charge in [-0.1, -0.05) is 25.1 Å². The molecule has 0 saturated heterocycles. The summed E-state index contributed by atoms with van der Waals surface area (Å²) in [4.78, 5) is 8.66. The molecule has 0 spiro atoms. The summed E-state index contributed by atoms with van der Waals surface area (Å²) in [6.45, 7) is 2.12. The van der Waals surface area contributed by atoms with Gasteiger partial charge in [0.1, 0.15) is 0 Å². The molecule has 0 aliphatic rings. The van der Waals surface area contributed by atoms with Crippen LogP contribution in [0.1, 0.15) is 29.7 Å². The minimum absolute atomic E-state index is 0.162. The summed E-state index contributed by atoms with van der Waals surface area (Å²) in [5, 5.41) is 1.12. The van der Waals surface area contributed by atoms with Crippen molar-refractivity contribution < 1.29 is 0 Å². The molecule has 3 heteroatoms. The van der Waals surface area contributed by atoms with Crippen molar-refractivity contribution in [2.75, 3.05) is 0 Å². The summed E-state index contributed by atoms with van der Waals surface area (Å²) in [6.07, 6.45) is 6.48. The van der Waals surface area contributed by atoms with E-state index in [0.717, 1.165) is 28.5 Å². The molecule has 0 bridgehead atoms. The van der Waals surface area contributed by atoms with Crippen molar-refractivity contribution in [3.8, 4) is 0 Å². The van der Waals surface area contributed by atoms with Crippen LogP contribution in [0, 0.1) is 0 Å². The lowest BCUT2D eigenvalue weighted by atomic mass is 9.96. The molecule has 100 valence electrons. The lowest BCUT2D eigenvalue weighted by molar-refractivity contribution is 0.840. The summed E-state index contributed by atoms with van der Waals surface area (Å²) in [6, 6.07) is 12.0. The van der Waals surface area contributed by atoms with Crippen LogP contribution in [0.4, 0.5) is 0 Å². The number of aryl methyl sites for hydroxylation is 1. The molecule has 2 N–H and O–H groups in total. The first kappa shape index (κ1) is 12.8. The minimum Gasteiger partial charge on any atom is -0.320 e. The van der Waals surface area contributed by atoms with Crippen molar-refractivity contribution in [1.82, 2.24) is 9.97 Å². The molecular weight excluding hydrogens is 246 g/mol. The molecule has 0 radical (unpaired) electrons. The van der Waals surface area contributed by atoms with Gasteiger partial charge >= 0.3 is 0 Å². The Bertz CT molecular complexity index is 737. The van der Waals surface area contributed by atoms with Gasteiger partial charge in [0.25, 0.3) is 0 Å². The molecule has 1 atom stereocenters. The molecule has 0 aliphatic carbocycles. The van der Waals surface area contributed by atoms with Gasteiger partial charge in [-0.3, -0.25) is 9.97 Å². The Kier molecular flexibility index (Phi) is 3.44. The van der Waals surface area contributed by atoms with Gasteiger partial charge in [-0.2, -0.15) is 0 Å². The fourth-order valence-electron chi connectivity index (χ4n) is 2.47. The molecule has 3 nitrogen and oxygen atoms in total. The summed E-state index contributed by atoms with van der Waals surface area (Å²) in [7, 11) is 0. The van der Waals surface area contributed by atoms with E-state index in [1.54, 1.807) is 6.20 Å². The van der Waals surface area contributed by atoms with Gasteiger partial charge in [-0.25, -0.2) is 0 Å². The first-order chi connectivity index (χ1) is 9.79. The average molecular weight is 263 g/mol. The molecule has 0 amide bonds. The Morgan fingerprint density at radius 2 is 2.00 bits per heavy atom. The monoisotopic (exact) mass is 263 g/mol. The highest BCUT2D eigenvalue weighted by atomic mass is 14.7. The van der Waals surface area contributed by atoms with Crippen molar-refractivity contribution in [1.29, 1.82) is 0 Å². The molecule has 0 fully saturated rings. The van der Waals surface area contributed by atoms with E-state index in [9.17, 15) is 0 Å². The number of hydrogen-bond donors (Lipinski definition) is 1. The van der Waals surface area contributed by atoms with E-state index in [2.05, 4.69) is 29.0 Å². The van der Waals surface area contributed by atoms with E-state index in [1.165, 1.54) is 5.56 Å². The number of fused-ring (bicyclic) bond motifs is 1. The first-order valence-corrected chi connectivity index (χ1v) is 6.82. The van der Waals surface area contributed by atoms with E-state index >= 15 is 0 Å². The standard InChI is InChI=1S/C17H17N3/c1-2-12-10-19-8-7-15(12)17(18)14-9-13-5-3-4-6-16(13)20-11-14/h3-11,17H,2,18H2,1H3. The number of para-hydroxylation sites is 1. The number of benzene rings is 1. The van der Waals surface area contributed by atoms with E-state index in [4.69, 9.17) is 5.73 Å². The number of aromatic nitrogens is 2. The van der Waals surface area contributed by atoms with Gasteiger partial charge < -0.3 is 5.73 Å². The first-order valence-electron chi connectivity index (χ1n) is 6.82. The quantitative estimate of drug-likeness (QED) is 0.789. The van der Waals surface area contributed by atoms with Crippen molar-refractivity contribution >= 4 is 10.9 Å². The number of pyridine rings is 2. The van der Waals surface area contributed by atoms with Gasteiger partial charge in [0.15, 0.2) is 0 Å². The predicted molar refractivity (Wildman–Crippen MR) is 81.4 cm³/mol. The van der Waals surface area contributed by atoms with Gasteiger partial charge in [-0.05, 0) is 41.3 Å². The normalized spacial score (nSPS) is 12.5. The molecule has 3 rings (SSSR count). The van der Waals surface area contributed by atoms with Crippen LogP contribution in [-0.4, -0.2) is 9.97 Å². The van der Waals surface area contributed by atoms with Gasteiger partial charge in [0.2, 0.25) is 0 Å². The Morgan fingerprint density at radius 3 is 2.85 bits per heavy atom. The summed E-state index contributed by atoms with van der Waals surface area (Å²) in [5.41, 5.74) is 10.8. The topological polar surface area (TPSA) is 51.8 Å². The predicted octanol–water partition coefficient (Wildman–Crippen LogP) is 3.24. The van der Waals surface area contributed by atoms with Crippen LogP contribution >= 0.6 is 0 Å². The second kappa shape index (κ2) is 5.39. The van der Waals surface area contributed by atoms with Gasteiger partial charge in [0.05, 0.1) is 11.6 Å². The highest BCUT2D eigenvalue weighted by molar-refractivity contribution is 5.79. The lowest BCUT2D eigenvalue weighted by Crippen LogP contribution is -2.14. The van der Waals surface area contributed by atoms with Crippen LogP contribution < -0.4 is 5.73 Å². The highest BCUT2D eigenvalue weighted by Crippen LogP contribution is 2.24. The maximum atomic E-state index is 6.42. The molecule has 2 aromatic heterocycles. The molecule has 2 heterocycles. The molecule has 20 heavy (non-hydrogen) atoms. The van der Waals surface area contributed by atoms with Crippen LogP contribution in [-0.2, 0) is 6.42 Å². The second-order valence-corrected chi connectivity index (χ2v) is 4.87. The van der Waals surface area contributed by atoms with Crippen molar-refractivity contribution in [3.05, 3.63) is 71.7 Å². The smallest absolute Gasteiger partial charge is 0.0702 e. The number of hydrogen-bond acceptors (Lipinski definition) is 3. The Morgan fingerprint density at radius 1 is 1.15 bits per heavy atom. The third-order valence-corrected chi connectivity index (χ3v) is 3.63. The highest BCUT2D eigenvalue weighted by Gasteiger charge is 2.13. The number of nitrogens with two attached hydrogens (primary N) is 1. The molecular formula is C17H17N3. The third-order valence-electron chi connectivity index (χ3n) is 3.63. The Hall–Kier alpha value is -2.26. The van der Waals surface area contributed by atoms with E-state index < -0.39 is 0 Å². The van der Waals surface area contributed by atoms with Gasteiger partial charge in [0, 0.05) is 24.0 Å². The maximum Gasteiger partial charge on any atom is 0.0702 e. The van der Waals surface area contributed by atoms with Crippen LogP contribution in [0.15, 0.2) is 55.0 Å². The Labute approximate surface area is 118 Å². The zero-order valence-electron chi connectivity index (χ0n) is 11.5. The van der Waals surface area contributed by atoms with E-state index in [0.29, 0.717) is 0 Å². The third kappa shape index (κ3) is 2.28. The zero-order valence-corrected chi connectivity index (χ0v) is 11.5. The number of nitrogens with zero attached hydrogens (tertiary/aromatic N) is 2. The van der Waals surface area contributed by atoms with Crippen LogP contribution in [0.25, 0.3) is 10.9 Å². The summed E-state index contributed by atoms with van der Waals surface area (Å²) < 4.78 is 0. The number of rotatable bonds is 3. The SMILES string of the molecule is CCc1cnccc1C(N)c1cnc2ccccc2c1. The van der Waals surface area contributed by atoms with E-state index in [1.807, 2.05) is 36.7 Å². The largest absolute Gasteiger partial charge is 0.320 e. The summed E-state index contributed by atoms with van der Waals surface area (Å²) in [5.74, 6) is 0. The van der Waals surface area contributed by atoms with Gasteiger partial charge in [-0.15, -0.1) is 0 Å². The maximum absolute atomic E-state index is 6.42. The fraction of sp³-hybridized carbons (Fsp3) is 0.176.